The van der Waals surface area contributed by atoms with Crippen LogP contribution in [0.4, 0.5) is 0 Å². The summed E-state index contributed by atoms with van der Waals surface area (Å²) in [7, 11) is 0. The van der Waals surface area contributed by atoms with Gasteiger partial charge in [-0.2, -0.15) is 0 Å². The van der Waals surface area contributed by atoms with Crippen LogP contribution < -0.4 is 5.73 Å². The molecule has 0 amide bonds. The maximum atomic E-state index is 11.2. The van der Waals surface area contributed by atoms with Crippen LogP contribution in [0.3, 0.4) is 0 Å². The summed E-state index contributed by atoms with van der Waals surface area (Å²) in [4.78, 5) is 14.0. The van der Waals surface area contributed by atoms with Crippen molar-refractivity contribution in [2.24, 2.45) is 5.73 Å². The molecule has 1 aromatic heterocycles. The Morgan fingerprint density at radius 2 is 2.45 bits per heavy atom. The molecule has 0 aliphatic carbocycles. The van der Waals surface area contributed by atoms with E-state index < -0.39 is 0 Å². The molecule has 0 atom stereocenters. The van der Waals surface area contributed by atoms with E-state index in [0.29, 0.717) is 18.7 Å². The van der Waals surface area contributed by atoms with Crippen LogP contribution in [0.15, 0.2) is 18.3 Å². The lowest BCUT2D eigenvalue weighted by atomic mass is 10.2. The number of aromatic nitrogens is 1. The van der Waals surface area contributed by atoms with Gasteiger partial charge in [-0.25, -0.2) is 0 Å². The second kappa shape index (κ2) is 3.93. The largest absolute Gasteiger partial charge is 0.359 e. The van der Waals surface area contributed by atoms with Crippen LogP contribution in [-0.2, 0) is 0 Å². The predicted octanol–water partition coefficient (Wildman–Crippen LogP) is 0.936. The van der Waals surface area contributed by atoms with Gasteiger partial charge in [-0.15, -0.1) is 0 Å². The molecule has 3 heteroatoms. The lowest BCUT2D eigenvalue weighted by molar-refractivity contribution is 0.0976. The minimum Gasteiger partial charge on any atom is -0.359 e. The Balaban J connectivity index is 2.43. The van der Waals surface area contributed by atoms with Gasteiger partial charge >= 0.3 is 0 Å². The maximum absolute atomic E-state index is 11.2. The minimum absolute atomic E-state index is 0.139. The van der Waals surface area contributed by atoms with E-state index in [4.69, 9.17) is 5.73 Å². The van der Waals surface area contributed by atoms with Crippen molar-refractivity contribution in [3.63, 3.8) is 0 Å². The summed E-state index contributed by atoms with van der Waals surface area (Å²) in [5.41, 5.74) is 5.95. The van der Waals surface area contributed by atoms with Crippen LogP contribution in [0.1, 0.15) is 23.3 Å². The quantitative estimate of drug-likeness (QED) is 0.631. The lowest BCUT2D eigenvalue weighted by Crippen LogP contribution is -2.04. The highest BCUT2D eigenvalue weighted by Crippen LogP contribution is 2.00. The van der Waals surface area contributed by atoms with Gasteiger partial charge in [0.1, 0.15) is 0 Å². The van der Waals surface area contributed by atoms with Crippen LogP contribution in [0.2, 0.25) is 0 Å². The van der Waals surface area contributed by atoms with Gasteiger partial charge in [0.25, 0.3) is 0 Å². The van der Waals surface area contributed by atoms with Gasteiger partial charge in [-0.05, 0) is 25.1 Å². The summed E-state index contributed by atoms with van der Waals surface area (Å²) >= 11 is 0. The van der Waals surface area contributed by atoms with Gasteiger partial charge in [0, 0.05) is 12.6 Å². The van der Waals surface area contributed by atoms with Crippen LogP contribution in [0, 0.1) is 0 Å². The smallest absolute Gasteiger partial charge is 0.179 e. The van der Waals surface area contributed by atoms with E-state index >= 15 is 0 Å². The van der Waals surface area contributed by atoms with Crippen molar-refractivity contribution in [3.05, 3.63) is 24.0 Å². The van der Waals surface area contributed by atoms with Crippen molar-refractivity contribution in [1.29, 1.82) is 0 Å². The molecule has 0 bridgehead atoms. The number of Topliss-reactive ketones (excluding diaryl/α,β-unsaturated/α-hetero) is 1. The van der Waals surface area contributed by atoms with Gasteiger partial charge < -0.3 is 10.7 Å². The standard InChI is InChI=1S/C8H12N2O/c9-5-1-4-8(11)7-3-2-6-10-7/h2-3,6,10H,1,4-5,9H2. The molecule has 3 N–H and O–H groups in total. The Labute approximate surface area is 65.6 Å². The van der Waals surface area contributed by atoms with Gasteiger partial charge in [-0.3, -0.25) is 4.79 Å². The number of rotatable bonds is 4. The van der Waals surface area contributed by atoms with Crippen molar-refractivity contribution < 1.29 is 4.79 Å². The summed E-state index contributed by atoms with van der Waals surface area (Å²) < 4.78 is 0. The maximum Gasteiger partial charge on any atom is 0.179 e. The summed E-state index contributed by atoms with van der Waals surface area (Å²) in [5, 5.41) is 0. The number of hydrogen-bond acceptors (Lipinski definition) is 2. The Hall–Kier alpha value is -1.09. The van der Waals surface area contributed by atoms with Crippen molar-refractivity contribution in [3.8, 4) is 0 Å². The molecule has 0 fully saturated rings. The number of nitrogens with two attached hydrogens (primary N) is 1. The first-order valence-electron chi connectivity index (χ1n) is 3.71. The highest BCUT2D eigenvalue weighted by Gasteiger charge is 2.03. The fraction of sp³-hybridized carbons (Fsp3) is 0.375. The zero-order chi connectivity index (χ0) is 8.10. The third-order valence-corrected chi connectivity index (χ3v) is 1.51. The summed E-state index contributed by atoms with van der Waals surface area (Å²) in [6.45, 7) is 0.576. The topological polar surface area (TPSA) is 58.9 Å². The average Bonchev–Trinajstić information content (AvgIpc) is 2.52. The molecule has 0 aliphatic heterocycles. The molecule has 11 heavy (non-hydrogen) atoms. The molecule has 0 radical (unpaired) electrons. The van der Waals surface area contributed by atoms with Gasteiger partial charge in [-0.1, -0.05) is 0 Å². The molecule has 1 rings (SSSR count). The van der Waals surface area contributed by atoms with Gasteiger partial charge in [0.15, 0.2) is 5.78 Å². The molecule has 0 aliphatic rings. The molecule has 60 valence electrons. The molecule has 1 heterocycles. The number of hydrogen-bond donors (Lipinski definition) is 2. The third-order valence-electron chi connectivity index (χ3n) is 1.51. The zero-order valence-electron chi connectivity index (χ0n) is 6.34. The highest BCUT2D eigenvalue weighted by atomic mass is 16.1. The third kappa shape index (κ3) is 2.20. The number of carbonyl (C=O) groups is 1. The Kier molecular flexibility index (Phi) is 2.86. The highest BCUT2D eigenvalue weighted by molar-refractivity contribution is 5.94. The molecule has 0 aromatic carbocycles. The Morgan fingerprint density at radius 3 is 3.00 bits per heavy atom. The van der Waals surface area contributed by atoms with Crippen LogP contribution >= 0.6 is 0 Å². The molecule has 0 unspecified atom stereocenters. The van der Waals surface area contributed by atoms with Crippen molar-refractivity contribution >= 4 is 5.78 Å². The lowest BCUT2D eigenvalue weighted by Gasteiger charge is -1.94. The van der Waals surface area contributed by atoms with Gasteiger partial charge in [0.05, 0.1) is 5.69 Å². The first-order valence-corrected chi connectivity index (χ1v) is 3.71. The van der Waals surface area contributed by atoms with Gasteiger partial charge in [0.2, 0.25) is 0 Å². The molecule has 3 nitrogen and oxygen atoms in total. The molecule has 1 aromatic rings. The number of aromatic amines is 1. The van der Waals surface area contributed by atoms with E-state index in [9.17, 15) is 4.79 Å². The second-order valence-electron chi connectivity index (χ2n) is 2.40. The van der Waals surface area contributed by atoms with Crippen LogP contribution in [0.5, 0.6) is 0 Å². The first kappa shape index (κ1) is 8.01. The predicted molar refractivity (Wildman–Crippen MR) is 43.4 cm³/mol. The van der Waals surface area contributed by atoms with E-state index in [-0.39, 0.29) is 5.78 Å². The summed E-state index contributed by atoms with van der Waals surface area (Å²) in [6, 6.07) is 3.59. The monoisotopic (exact) mass is 152 g/mol. The molecular formula is C8H12N2O. The zero-order valence-corrected chi connectivity index (χ0v) is 6.34. The Morgan fingerprint density at radius 1 is 1.64 bits per heavy atom. The summed E-state index contributed by atoms with van der Waals surface area (Å²) in [6.07, 6.45) is 3.05. The van der Waals surface area contributed by atoms with Crippen molar-refractivity contribution in [2.75, 3.05) is 6.54 Å². The van der Waals surface area contributed by atoms with E-state index in [1.165, 1.54) is 0 Å². The molecule has 0 spiro atoms. The van der Waals surface area contributed by atoms with Crippen molar-refractivity contribution in [1.82, 2.24) is 4.98 Å². The SMILES string of the molecule is NCCCC(=O)c1ccc[nH]1. The fourth-order valence-electron chi connectivity index (χ4n) is 0.901. The molecular weight excluding hydrogens is 140 g/mol. The number of carbonyl (C=O) groups excluding carboxylic acids is 1. The van der Waals surface area contributed by atoms with E-state index in [0.717, 1.165) is 6.42 Å². The minimum atomic E-state index is 0.139. The number of nitrogens with one attached hydrogen (secondary N) is 1. The first-order chi connectivity index (χ1) is 5.34. The normalized spacial score (nSPS) is 9.91. The fourth-order valence-corrected chi connectivity index (χ4v) is 0.901. The molecule has 0 saturated carbocycles. The van der Waals surface area contributed by atoms with E-state index in [1.54, 1.807) is 12.3 Å². The summed E-state index contributed by atoms with van der Waals surface area (Å²) in [5.74, 6) is 0.139. The van der Waals surface area contributed by atoms with E-state index in [2.05, 4.69) is 4.98 Å². The Bertz CT molecular complexity index is 216. The van der Waals surface area contributed by atoms with Crippen molar-refractivity contribution in [2.45, 2.75) is 12.8 Å². The average molecular weight is 152 g/mol. The number of H-pyrrole nitrogens is 1. The number of ketones is 1. The molecule has 0 saturated heterocycles. The van der Waals surface area contributed by atoms with Crippen LogP contribution in [0.25, 0.3) is 0 Å². The van der Waals surface area contributed by atoms with Crippen LogP contribution in [-0.4, -0.2) is 17.3 Å². The second-order valence-corrected chi connectivity index (χ2v) is 2.40. The van der Waals surface area contributed by atoms with E-state index in [1.807, 2.05) is 6.07 Å².